The van der Waals surface area contributed by atoms with Crippen LogP contribution in [0, 0.1) is 6.92 Å². The summed E-state index contributed by atoms with van der Waals surface area (Å²) in [5.74, 6) is -1.12. The SMILES string of the molecule is CCCC(C(=O)NCCCC(=O)O)n1c(C)cccc1=O. The van der Waals surface area contributed by atoms with Crippen LogP contribution in [0.25, 0.3) is 0 Å². The van der Waals surface area contributed by atoms with Crippen LogP contribution in [0.1, 0.15) is 44.3 Å². The van der Waals surface area contributed by atoms with Crippen LogP contribution in [0.2, 0.25) is 0 Å². The summed E-state index contributed by atoms with van der Waals surface area (Å²) in [6.45, 7) is 4.04. The summed E-state index contributed by atoms with van der Waals surface area (Å²) in [6, 6.07) is 4.35. The number of nitrogens with one attached hydrogen (secondary N) is 1. The molecule has 6 heteroatoms. The van der Waals surface area contributed by atoms with Crippen molar-refractivity contribution in [2.45, 2.75) is 45.6 Å². The van der Waals surface area contributed by atoms with Crippen molar-refractivity contribution >= 4 is 11.9 Å². The van der Waals surface area contributed by atoms with Gasteiger partial charge < -0.3 is 15.0 Å². The predicted octanol–water partition coefficient (Wildman–Crippen LogP) is 1.48. The van der Waals surface area contributed by atoms with Crippen LogP contribution in [-0.4, -0.2) is 28.1 Å². The minimum absolute atomic E-state index is 0.0169. The number of hydrogen-bond donors (Lipinski definition) is 2. The second-order valence-corrected chi connectivity index (χ2v) is 4.97. The van der Waals surface area contributed by atoms with Gasteiger partial charge in [0.2, 0.25) is 5.91 Å². The zero-order chi connectivity index (χ0) is 15.8. The molecule has 0 aliphatic rings. The lowest BCUT2D eigenvalue weighted by Gasteiger charge is -2.21. The Morgan fingerprint density at radius 2 is 2.10 bits per heavy atom. The average molecular weight is 294 g/mol. The van der Waals surface area contributed by atoms with E-state index in [2.05, 4.69) is 5.32 Å². The molecule has 116 valence electrons. The van der Waals surface area contributed by atoms with E-state index in [-0.39, 0.29) is 17.9 Å². The van der Waals surface area contributed by atoms with Crippen LogP contribution < -0.4 is 10.9 Å². The van der Waals surface area contributed by atoms with Gasteiger partial charge in [-0.1, -0.05) is 19.4 Å². The highest BCUT2D eigenvalue weighted by Gasteiger charge is 2.21. The van der Waals surface area contributed by atoms with Crippen LogP contribution in [0.4, 0.5) is 0 Å². The minimum atomic E-state index is -0.885. The lowest BCUT2D eigenvalue weighted by molar-refractivity contribution is -0.137. The number of carbonyl (C=O) groups excluding carboxylic acids is 1. The van der Waals surface area contributed by atoms with Gasteiger partial charge in [0.1, 0.15) is 6.04 Å². The molecule has 1 atom stereocenters. The van der Waals surface area contributed by atoms with Gasteiger partial charge in [0.15, 0.2) is 0 Å². The Balaban J connectivity index is 2.79. The lowest BCUT2D eigenvalue weighted by Crippen LogP contribution is -2.38. The van der Waals surface area contributed by atoms with E-state index in [0.29, 0.717) is 19.4 Å². The van der Waals surface area contributed by atoms with Gasteiger partial charge in [0.25, 0.3) is 5.56 Å². The number of carbonyl (C=O) groups is 2. The molecule has 0 spiro atoms. The Morgan fingerprint density at radius 3 is 2.67 bits per heavy atom. The van der Waals surface area contributed by atoms with Gasteiger partial charge in [0, 0.05) is 24.7 Å². The first-order valence-electron chi connectivity index (χ1n) is 7.15. The van der Waals surface area contributed by atoms with E-state index in [1.807, 2.05) is 6.92 Å². The van der Waals surface area contributed by atoms with E-state index >= 15 is 0 Å². The summed E-state index contributed by atoms with van der Waals surface area (Å²) in [7, 11) is 0. The highest BCUT2D eigenvalue weighted by Crippen LogP contribution is 2.14. The molecule has 0 bridgehead atoms. The molecule has 0 aromatic carbocycles. The molecule has 1 heterocycles. The minimum Gasteiger partial charge on any atom is -0.481 e. The van der Waals surface area contributed by atoms with Gasteiger partial charge in [-0.3, -0.25) is 14.4 Å². The number of rotatable bonds is 8. The van der Waals surface area contributed by atoms with Crippen LogP contribution in [0.15, 0.2) is 23.0 Å². The number of pyridine rings is 1. The molecule has 1 unspecified atom stereocenters. The number of carboxylic acids is 1. The molecular formula is C15H22N2O4. The summed E-state index contributed by atoms with van der Waals surface area (Å²) in [5, 5.41) is 11.3. The average Bonchev–Trinajstić information content (AvgIpc) is 2.42. The molecule has 1 aromatic heterocycles. The third-order valence-electron chi connectivity index (χ3n) is 3.24. The van der Waals surface area contributed by atoms with Crippen molar-refractivity contribution in [3.63, 3.8) is 0 Å². The van der Waals surface area contributed by atoms with Crippen molar-refractivity contribution < 1.29 is 14.7 Å². The predicted molar refractivity (Wildman–Crippen MR) is 79.3 cm³/mol. The fourth-order valence-corrected chi connectivity index (χ4v) is 2.22. The lowest BCUT2D eigenvalue weighted by atomic mass is 10.1. The Bertz CT molecular complexity index is 551. The molecule has 21 heavy (non-hydrogen) atoms. The zero-order valence-electron chi connectivity index (χ0n) is 12.5. The van der Waals surface area contributed by atoms with Crippen LogP contribution in [0.5, 0.6) is 0 Å². The van der Waals surface area contributed by atoms with E-state index < -0.39 is 12.0 Å². The maximum atomic E-state index is 12.3. The number of aryl methyl sites for hydroxylation is 1. The number of carboxylic acid groups (broad SMARTS) is 1. The summed E-state index contributed by atoms with van der Waals surface area (Å²) in [6.07, 6.45) is 1.73. The highest BCUT2D eigenvalue weighted by molar-refractivity contribution is 5.80. The maximum Gasteiger partial charge on any atom is 0.303 e. The van der Waals surface area contributed by atoms with E-state index in [4.69, 9.17) is 5.11 Å². The van der Waals surface area contributed by atoms with Gasteiger partial charge in [-0.05, 0) is 25.8 Å². The number of amides is 1. The number of aromatic nitrogens is 1. The standard InChI is InChI=1S/C15H22N2O4/c1-3-6-12(15(21)16-10-5-9-14(19)20)17-11(2)7-4-8-13(17)18/h4,7-8,12H,3,5-6,9-10H2,1-2H3,(H,16,21)(H,19,20). The van der Waals surface area contributed by atoms with E-state index in [1.54, 1.807) is 19.1 Å². The molecule has 0 aliphatic carbocycles. The van der Waals surface area contributed by atoms with Gasteiger partial charge in [-0.2, -0.15) is 0 Å². The quantitative estimate of drug-likeness (QED) is 0.711. The fraction of sp³-hybridized carbons (Fsp3) is 0.533. The van der Waals surface area contributed by atoms with Crippen molar-refractivity contribution in [2.24, 2.45) is 0 Å². The second kappa shape index (κ2) is 8.24. The molecule has 0 fully saturated rings. The smallest absolute Gasteiger partial charge is 0.303 e. The first kappa shape index (κ1) is 16.9. The first-order chi connectivity index (χ1) is 9.97. The second-order valence-electron chi connectivity index (χ2n) is 4.97. The molecule has 1 amide bonds. The first-order valence-corrected chi connectivity index (χ1v) is 7.15. The molecule has 1 aromatic rings. The molecule has 1 rings (SSSR count). The van der Waals surface area contributed by atoms with Crippen LogP contribution in [0.3, 0.4) is 0 Å². The monoisotopic (exact) mass is 294 g/mol. The molecule has 0 radical (unpaired) electrons. The Morgan fingerprint density at radius 1 is 1.38 bits per heavy atom. The molecule has 0 saturated carbocycles. The molecular weight excluding hydrogens is 272 g/mol. The summed E-state index contributed by atoms with van der Waals surface area (Å²) < 4.78 is 1.50. The van der Waals surface area contributed by atoms with Gasteiger partial charge in [0.05, 0.1) is 0 Å². The summed E-state index contributed by atoms with van der Waals surface area (Å²) in [5.41, 5.74) is 0.538. The summed E-state index contributed by atoms with van der Waals surface area (Å²) in [4.78, 5) is 34.7. The molecule has 2 N–H and O–H groups in total. The third-order valence-corrected chi connectivity index (χ3v) is 3.24. The number of aliphatic carboxylic acids is 1. The number of hydrogen-bond acceptors (Lipinski definition) is 3. The zero-order valence-corrected chi connectivity index (χ0v) is 12.5. The van der Waals surface area contributed by atoms with E-state index in [1.165, 1.54) is 10.6 Å². The van der Waals surface area contributed by atoms with Crippen molar-refractivity contribution in [3.8, 4) is 0 Å². The van der Waals surface area contributed by atoms with Crippen molar-refractivity contribution in [1.82, 2.24) is 9.88 Å². The van der Waals surface area contributed by atoms with E-state index in [0.717, 1.165) is 12.1 Å². The fourth-order valence-electron chi connectivity index (χ4n) is 2.22. The topological polar surface area (TPSA) is 88.4 Å². The Labute approximate surface area is 123 Å². The molecule has 0 aliphatic heterocycles. The van der Waals surface area contributed by atoms with E-state index in [9.17, 15) is 14.4 Å². The normalized spacial score (nSPS) is 11.9. The maximum absolute atomic E-state index is 12.3. The van der Waals surface area contributed by atoms with Crippen LogP contribution >= 0.6 is 0 Å². The highest BCUT2D eigenvalue weighted by atomic mass is 16.4. The molecule has 0 saturated heterocycles. The molecule has 6 nitrogen and oxygen atoms in total. The summed E-state index contributed by atoms with van der Waals surface area (Å²) >= 11 is 0. The van der Waals surface area contributed by atoms with Crippen molar-refractivity contribution in [3.05, 3.63) is 34.2 Å². The van der Waals surface area contributed by atoms with Crippen molar-refractivity contribution in [1.29, 1.82) is 0 Å². The van der Waals surface area contributed by atoms with Gasteiger partial charge in [-0.15, -0.1) is 0 Å². The number of nitrogens with zero attached hydrogens (tertiary/aromatic N) is 1. The Kier molecular flexibility index (Phi) is 6.65. The Hall–Kier alpha value is -2.11. The third kappa shape index (κ3) is 5.06. The largest absolute Gasteiger partial charge is 0.481 e. The van der Waals surface area contributed by atoms with Crippen LogP contribution in [-0.2, 0) is 9.59 Å². The van der Waals surface area contributed by atoms with Crippen molar-refractivity contribution in [2.75, 3.05) is 6.54 Å². The van der Waals surface area contributed by atoms with Gasteiger partial charge >= 0.3 is 5.97 Å². The van der Waals surface area contributed by atoms with Gasteiger partial charge in [-0.25, -0.2) is 0 Å².